The van der Waals surface area contributed by atoms with Crippen LogP contribution in [-0.4, -0.2) is 90.6 Å². The van der Waals surface area contributed by atoms with Gasteiger partial charge in [0.05, 0.1) is 11.7 Å². The van der Waals surface area contributed by atoms with E-state index >= 15 is 0 Å². The highest BCUT2D eigenvalue weighted by molar-refractivity contribution is 5.80. The standard InChI is InChI=1S/C22H41N3O2/c1-18(2)21(26)6-5-20-17-22(27-20)7-9-23(10-8-22)11-12-24-13-15-25(16-14-24)19(3)4/h18-20H,5-17H2,1-4H3. The lowest BCUT2D eigenvalue weighted by molar-refractivity contribution is -0.227. The molecule has 3 aliphatic rings. The third kappa shape index (κ3) is 5.75. The molecule has 27 heavy (non-hydrogen) atoms. The van der Waals surface area contributed by atoms with E-state index in [0.717, 1.165) is 6.42 Å². The zero-order valence-corrected chi connectivity index (χ0v) is 18.1. The van der Waals surface area contributed by atoms with E-state index in [9.17, 15) is 4.79 Å². The van der Waals surface area contributed by atoms with Gasteiger partial charge in [-0.15, -0.1) is 0 Å². The molecule has 1 spiro atoms. The van der Waals surface area contributed by atoms with Crippen molar-refractivity contribution >= 4 is 5.78 Å². The van der Waals surface area contributed by atoms with Gasteiger partial charge in [0.15, 0.2) is 0 Å². The second-order valence-corrected chi connectivity index (χ2v) is 9.60. The first-order valence-electron chi connectivity index (χ1n) is 11.3. The van der Waals surface area contributed by atoms with Gasteiger partial charge in [0.1, 0.15) is 5.78 Å². The van der Waals surface area contributed by atoms with E-state index in [1.807, 2.05) is 13.8 Å². The molecule has 5 nitrogen and oxygen atoms in total. The number of nitrogens with zero attached hydrogens (tertiary/aromatic N) is 3. The summed E-state index contributed by atoms with van der Waals surface area (Å²) in [5.74, 6) is 0.541. The Hall–Kier alpha value is -0.490. The fourth-order valence-electron chi connectivity index (χ4n) is 4.80. The van der Waals surface area contributed by atoms with E-state index < -0.39 is 0 Å². The Morgan fingerprint density at radius 1 is 0.963 bits per heavy atom. The van der Waals surface area contributed by atoms with Crippen LogP contribution in [-0.2, 0) is 9.53 Å². The van der Waals surface area contributed by atoms with Gasteiger partial charge in [0.25, 0.3) is 0 Å². The van der Waals surface area contributed by atoms with Crippen molar-refractivity contribution in [2.24, 2.45) is 5.92 Å². The summed E-state index contributed by atoms with van der Waals surface area (Å²) in [6.07, 6.45) is 5.45. The van der Waals surface area contributed by atoms with Crippen LogP contribution in [0.5, 0.6) is 0 Å². The molecule has 0 radical (unpaired) electrons. The Morgan fingerprint density at radius 2 is 1.52 bits per heavy atom. The van der Waals surface area contributed by atoms with Crippen molar-refractivity contribution in [3.63, 3.8) is 0 Å². The second-order valence-electron chi connectivity index (χ2n) is 9.60. The molecule has 3 aliphatic heterocycles. The number of carbonyl (C=O) groups is 1. The maximum absolute atomic E-state index is 11.8. The summed E-state index contributed by atoms with van der Waals surface area (Å²) in [5.41, 5.74) is 0.144. The highest BCUT2D eigenvalue weighted by Gasteiger charge is 2.46. The first-order valence-corrected chi connectivity index (χ1v) is 11.3. The summed E-state index contributed by atoms with van der Waals surface area (Å²) in [4.78, 5) is 19.6. The first-order chi connectivity index (χ1) is 12.9. The maximum Gasteiger partial charge on any atom is 0.135 e. The van der Waals surface area contributed by atoms with Gasteiger partial charge in [-0.3, -0.25) is 14.6 Å². The average Bonchev–Trinajstić information content (AvgIpc) is 2.63. The minimum Gasteiger partial charge on any atom is -0.371 e. The fourth-order valence-corrected chi connectivity index (χ4v) is 4.80. The number of hydrogen-bond donors (Lipinski definition) is 0. The van der Waals surface area contributed by atoms with Gasteiger partial charge < -0.3 is 9.64 Å². The summed E-state index contributed by atoms with van der Waals surface area (Å²) >= 11 is 0. The highest BCUT2D eigenvalue weighted by atomic mass is 16.5. The van der Waals surface area contributed by atoms with Crippen molar-refractivity contribution in [3.8, 4) is 0 Å². The number of Topliss-reactive ketones (excluding diaryl/α,β-unsaturated/α-hetero) is 1. The van der Waals surface area contributed by atoms with Crippen LogP contribution in [0.1, 0.15) is 59.8 Å². The highest BCUT2D eigenvalue weighted by Crippen LogP contribution is 2.42. The van der Waals surface area contributed by atoms with Crippen molar-refractivity contribution < 1.29 is 9.53 Å². The van der Waals surface area contributed by atoms with Gasteiger partial charge in [-0.05, 0) is 33.1 Å². The Labute approximate surface area is 166 Å². The molecule has 0 aliphatic carbocycles. The van der Waals surface area contributed by atoms with E-state index in [1.165, 1.54) is 71.6 Å². The number of ketones is 1. The minimum absolute atomic E-state index is 0.144. The lowest BCUT2D eigenvalue weighted by Gasteiger charge is -2.52. The molecular formula is C22H41N3O2. The van der Waals surface area contributed by atoms with Gasteiger partial charge in [0, 0.05) is 77.2 Å². The Kier molecular flexibility index (Phi) is 7.34. The number of piperazine rings is 1. The summed E-state index contributed by atoms with van der Waals surface area (Å²) in [7, 11) is 0. The van der Waals surface area contributed by atoms with Gasteiger partial charge in [-0.25, -0.2) is 0 Å². The fraction of sp³-hybridized carbons (Fsp3) is 0.955. The van der Waals surface area contributed by atoms with Gasteiger partial charge >= 0.3 is 0 Å². The van der Waals surface area contributed by atoms with Crippen molar-refractivity contribution in [2.75, 3.05) is 52.4 Å². The van der Waals surface area contributed by atoms with Crippen molar-refractivity contribution in [1.29, 1.82) is 0 Å². The van der Waals surface area contributed by atoms with Crippen LogP contribution in [0.2, 0.25) is 0 Å². The molecule has 156 valence electrons. The van der Waals surface area contributed by atoms with E-state index in [-0.39, 0.29) is 11.5 Å². The number of ether oxygens (including phenoxy) is 1. The zero-order valence-electron chi connectivity index (χ0n) is 18.1. The smallest absolute Gasteiger partial charge is 0.135 e. The molecule has 3 saturated heterocycles. The predicted octanol–water partition coefficient (Wildman–Crippen LogP) is 2.64. The third-order valence-electron chi connectivity index (χ3n) is 7.01. The minimum atomic E-state index is 0.144. The molecule has 0 aromatic carbocycles. The first kappa shape index (κ1) is 21.2. The molecule has 1 unspecified atom stereocenters. The number of carbonyl (C=O) groups excluding carboxylic acids is 1. The van der Waals surface area contributed by atoms with Crippen LogP contribution in [0.15, 0.2) is 0 Å². The molecule has 5 heteroatoms. The third-order valence-corrected chi connectivity index (χ3v) is 7.01. The Morgan fingerprint density at radius 3 is 2.04 bits per heavy atom. The normalized spacial score (nSPS) is 27.4. The van der Waals surface area contributed by atoms with Crippen LogP contribution < -0.4 is 0 Å². The van der Waals surface area contributed by atoms with Crippen molar-refractivity contribution in [1.82, 2.24) is 14.7 Å². The van der Waals surface area contributed by atoms with E-state index in [4.69, 9.17) is 4.74 Å². The number of hydrogen-bond acceptors (Lipinski definition) is 5. The van der Waals surface area contributed by atoms with E-state index in [2.05, 4.69) is 28.5 Å². The molecular weight excluding hydrogens is 338 g/mol. The molecule has 3 fully saturated rings. The van der Waals surface area contributed by atoms with Crippen molar-refractivity contribution in [2.45, 2.75) is 77.5 Å². The zero-order chi connectivity index (χ0) is 19.4. The van der Waals surface area contributed by atoms with E-state index in [1.54, 1.807) is 0 Å². The monoisotopic (exact) mass is 379 g/mol. The Bertz CT molecular complexity index is 470. The number of piperidine rings is 1. The van der Waals surface area contributed by atoms with E-state index in [0.29, 0.717) is 24.3 Å². The van der Waals surface area contributed by atoms with Crippen LogP contribution >= 0.6 is 0 Å². The topological polar surface area (TPSA) is 36.0 Å². The molecule has 1 atom stereocenters. The van der Waals surface area contributed by atoms with Gasteiger partial charge in [0.2, 0.25) is 0 Å². The molecule has 0 N–H and O–H groups in total. The van der Waals surface area contributed by atoms with Crippen LogP contribution in [0, 0.1) is 5.92 Å². The lowest BCUT2D eigenvalue weighted by Crippen LogP contribution is -2.57. The SMILES string of the molecule is CC(C)C(=O)CCC1CC2(CCN(CCN3CCN(C(C)C)CC3)CC2)O1. The second kappa shape index (κ2) is 9.34. The summed E-state index contributed by atoms with van der Waals surface area (Å²) in [6.45, 7) is 18.2. The number of rotatable bonds is 8. The largest absolute Gasteiger partial charge is 0.371 e. The molecule has 0 amide bonds. The molecule has 0 aromatic heterocycles. The number of likely N-dealkylation sites (tertiary alicyclic amines) is 1. The van der Waals surface area contributed by atoms with Gasteiger partial charge in [-0.1, -0.05) is 13.8 Å². The quantitative estimate of drug-likeness (QED) is 0.648. The lowest BCUT2D eigenvalue weighted by atomic mass is 9.79. The molecule has 0 aromatic rings. The van der Waals surface area contributed by atoms with Crippen molar-refractivity contribution in [3.05, 3.63) is 0 Å². The summed E-state index contributed by atoms with van der Waals surface area (Å²) in [6, 6.07) is 0.681. The molecule has 3 heterocycles. The maximum atomic E-state index is 11.8. The van der Waals surface area contributed by atoms with Crippen LogP contribution in [0.4, 0.5) is 0 Å². The summed E-state index contributed by atoms with van der Waals surface area (Å²) in [5, 5.41) is 0. The molecule has 0 saturated carbocycles. The molecule has 3 rings (SSSR count). The Balaban J connectivity index is 1.28. The average molecular weight is 380 g/mol. The van der Waals surface area contributed by atoms with Crippen LogP contribution in [0.25, 0.3) is 0 Å². The summed E-state index contributed by atoms with van der Waals surface area (Å²) < 4.78 is 6.28. The predicted molar refractivity (Wildman–Crippen MR) is 110 cm³/mol. The molecule has 0 bridgehead atoms. The van der Waals surface area contributed by atoms with Crippen LogP contribution in [0.3, 0.4) is 0 Å². The van der Waals surface area contributed by atoms with Gasteiger partial charge in [-0.2, -0.15) is 0 Å².